The molecule has 2 aliphatic rings. The van der Waals surface area contributed by atoms with E-state index in [1.807, 2.05) is 12.1 Å². The molecule has 20 heavy (non-hydrogen) atoms. The van der Waals surface area contributed by atoms with Crippen LogP contribution in [0, 0.1) is 5.92 Å². The number of carbonyl (C=O) groups excluding carboxylic acids is 2. The molecule has 0 radical (unpaired) electrons. The zero-order valence-electron chi connectivity index (χ0n) is 11.3. The maximum absolute atomic E-state index is 12.3. The standard InChI is InChI=1S/C14H17BrN2O2S/c1-9-3-2-6-14(7-9)12(18)16-13(19)17(14)8-10-4-5-11(15)20-10/h4-5,9H,2-3,6-8H2,1H3,(H,16,18,19). The zero-order chi connectivity index (χ0) is 14.3. The van der Waals surface area contributed by atoms with Crippen LogP contribution in [0.5, 0.6) is 0 Å². The molecule has 1 saturated heterocycles. The summed E-state index contributed by atoms with van der Waals surface area (Å²) in [6.07, 6.45) is 3.70. The van der Waals surface area contributed by atoms with E-state index in [0.717, 1.165) is 34.3 Å². The van der Waals surface area contributed by atoms with Crippen molar-refractivity contribution in [2.24, 2.45) is 5.92 Å². The Morgan fingerprint density at radius 1 is 1.50 bits per heavy atom. The first kappa shape index (κ1) is 14.1. The minimum Gasteiger partial charge on any atom is -0.305 e. The first-order valence-corrected chi connectivity index (χ1v) is 8.49. The van der Waals surface area contributed by atoms with Gasteiger partial charge < -0.3 is 4.90 Å². The monoisotopic (exact) mass is 356 g/mol. The highest BCUT2D eigenvalue weighted by Gasteiger charge is 2.54. The summed E-state index contributed by atoms with van der Waals surface area (Å²) in [5.41, 5.74) is -0.620. The van der Waals surface area contributed by atoms with Crippen molar-refractivity contribution in [2.75, 3.05) is 0 Å². The number of rotatable bonds is 2. The lowest BCUT2D eigenvalue weighted by molar-refractivity contribution is -0.129. The molecule has 1 spiro atoms. The van der Waals surface area contributed by atoms with Crippen LogP contribution >= 0.6 is 27.3 Å². The summed E-state index contributed by atoms with van der Waals surface area (Å²) >= 11 is 5.05. The van der Waals surface area contributed by atoms with Crippen LogP contribution in [-0.2, 0) is 11.3 Å². The van der Waals surface area contributed by atoms with Gasteiger partial charge >= 0.3 is 6.03 Å². The van der Waals surface area contributed by atoms with E-state index in [0.29, 0.717) is 12.5 Å². The quantitative estimate of drug-likeness (QED) is 0.824. The highest BCUT2D eigenvalue weighted by Crippen LogP contribution is 2.41. The lowest BCUT2D eigenvalue weighted by atomic mass is 9.75. The number of amides is 3. The van der Waals surface area contributed by atoms with Crippen molar-refractivity contribution in [1.82, 2.24) is 10.2 Å². The Kier molecular flexibility index (Phi) is 3.62. The van der Waals surface area contributed by atoms with Gasteiger partial charge in [0.25, 0.3) is 5.91 Å². The van der Waals surface area contributed by atoms with Gasteiger partial charge in [0.05, 0.1) is 10.3 Å². The van der Waals surface area contributed by atoms with Crippen molar-refractivity contribution >= 4 is 39.2 Å². The number of halogens is 1. The molecular formula is C14H17BrN2O2S. The van der Waals surface area contributed by atoms with E-state index in [1.54, 1.807) is 16.2 Å². The van der Waals surface area contributed by atoms with Gasteiger partial charge in [0, 0.05) is 4.88 Å². The molecule has 3 amide bonds. The van der Waals surface area contributed by atoms with Gasteiger partial charge in [0.15, 0.2) is 0 Å². The average Bonchev–Trinajstić information content (AvgIpc) is 2.88. The maximum atomic E-state index is 12.3. The van der Waals surface area contributed by atoms with Crippen LogP contribution in [0.1, 0.15) is 37.5 Å². The molecule has 2 fully saturated rings. The van der Waals surface area contributed by atoms with Gasteiger partial charge in [-0.1, -0.05) is 19.8 Å². The minimum absolute atomic E-state index is 0.107. The summed E-state index contributed by atoms with van der Waals surface area (Å²) in [5.74, 6) is 0.377. The Bertz CT molecular complexity index is 559. The van der Waals surface area contributed by atoms with Crippen LogP contribution in [0.3, 0.4) is 0 Å². The van der Waals surface area contributed by atoms with Crippen LogP contribution in [-0.4, -0.2) is 22.4 Å². The van der Waals surface area contributed by atoms with Crippen molar-refractivity contribution < 1.29 is 9.59 Å². The molecule has 108 valence electrons. The fourth-order valence-electron chi connectivity index (χ4n) is 3.39. The topological polar surface area (TPSA) is 49.4 Å². The van der Waals surface area contributed by atoms with Gasteiger partial charge in [0.2, 0.25) is 0 Å². The van der Waals surface area contributed by atoms with Crippen LogP contribution in [0.25, 0.3) is 0 Å². The summed E-state index contributed by atoms with van der Waals surface area (Å²) in [5, 5.41) is 2.52. The van der Waals surface area contributed by atoms with Crippen LogP contribution in [0.4, 0.5) is 4.79 Å². The van der Waals surface area contributed by atoms with Crippen molar-refractivity contribution in [3.05, 3.63) is 20.8 Å². The highest BCUT2D eigenvalue weighted by atomic mass is 79.9. The fourth-order valence-corrected chi connectivity index (χ4v) is 4.86. The molecule has 1 aliphatic heterocycles. The van der Waals surface area contributed by atoms with Crippen LogP contribution < -0.4 is 5.32 Å². The Labute approximate surface area is 130 Å². The summed E-state index contributed by atoms with van der Waals surface area (Å²) in [6.45, 7) is 2.68. The van der Waals surface area contributed by atoms with Crippen molar-refractivity contribution in [3.8, 4) is 0 Å². The molecule has 4 nitrogen and oxygen atoms in total. The molecule has 1 N–H and O–H groups in total. The van der Waals surface area contributed by atoms with Gasteiger partial charge in [-0.25, -0.2) is 4.79 Å². The smallest absolute Gasteiger partial charge is 0.305 e. The molecule has 0 bridgehead atoms. The van der Waals surface area contributed by atoms with Crippen molar-refractivity contribution in [3.63, 3.8) is 0 Å². The van der Waals surface area contributed by atoms with Crippen LogP contribution in [0.15, 0.2) is 15.9 Å². The molecule has 1 aliphatic carbocycles. The number of nitrogens with one attached hydrogen (secondary N) is 1. The molecule has 2 atom stereocenters. The summed E-state index contributed by atoms with van der Waals surface area (Å²) in [4.78, 5) is 27.3. The largest absolute Gasteiger partial charge is 0.325 e. The Hall–Kier alpha value is -0.880. The Morgan fingerprint density at radius 3 is 2.95 bits per heavy atom. The zero-order valence-corrected chi connectivity index (χ0v) is 13.7. The first-order valence-electron chi connectivity index (χ1n) is 6.88. The minimum atomic E-state index is -0.620. The Balaban J connectivity index is 1.89. The van der Waals surface area contributed by atoms with E-state index in [-0.39, 0.29) is 11.9 Å². The predicted octanol–water partition coefficient (Wildman–Crippen LogP) is 3.51. The van der Waals surface area contributed by atoms with Gasteiger partial charge in [-0.3, -0.25) is 10.1 Å². The summed E-state index contributed by atoms with van der Waals surface area (Å²) in [6, 6.07) is 3.74. The maximum Gasteiger partial charge on any atom is 0.325 e. The van der Waals surface area contributed by atoms with Gasteiger partial charge in [-0.2, -0.15) is 0 Å². The second-order valence-corrected chi connectivity index (χ2v) is 8.33. The molecule has 1 aromatic heterocycles. The second kappa shape index (κ2) is 5.15. The third-order valence-corrected chi connectivity index (χ3v) is 5.93. The number of hydrogen-bond donors (Lipinski definition) is 1. The number of carbonyl (C=O) groups is 2. The number of nitrogens with zero attached hydrogens (tertiary/aromatic N) is 1. The van der Waals surface area contributed by atoms with E-state index in [9.17, 15) is 9.59 Å². The van der Waals surface area contributed by atoms with E-state index in [1.165, 1.54) is 0 Å². The second-order valence-electron chi connectivity index (χ2n) is 5.78. The van der Waals surface area contributed by atoms with E-state index in [2.05, 4.69) is 28.2 Å². The van der Waals surface area contributed by atoms with E-state index in [4.69, 9.17) is 0 Å². The molecule has 2 heterocycles. The lowest BCUT2D eigenvalue weighted by Gasteiger charge is -2.40. The molecule has 0 aromatic carbocycles. The average molecular weight is 357 g/mol. The predicted molar refractivity (Wildman–Crippen MR) is 81.5 cm³/mol. The normalized spacial score (nSPS) is 30.1. The van der Waals surface area contributed by atoms with E-state index < -0.39 is 5.54 Å². The Morgan fingerprint density at radius 2 is 2.30 bits per heavy atom. The number of thiophene rings is 1. The third kappa shape index (κ3) is 2.29. The SMILES string of the molecule is CC1CCCC2(C1)C(=O)NC(=O)N2Cc1ccc(Br)s1. The summed E-state index contributed by atoms with van der Waals surface area (Å²) < 4.78 is 1.05. The molecular weight excluding hydrogens is 340 g/mol. The summed E-state index contributed by atoms with van der Waals surface area (Å²) in [7, 11) is 0. The van der Waals surface area contributed by atoms with Crippen LogP contribution in [0.2, 0.25) is 0 Å². The number of hydrogen-bond acceptors (Lipinski definition) is 3. The first-order chi connectivity index (χ1) is 9.51. The van der Waals surface area contributed by atoms with Crippen molar-refractivity contribution in [1.29, 1.82) is 0 Å². The number of urea groups is 1. The van der Waals surface area contributed by atoms with Gasteiger partial charge in [-0.15, -0.1) is 11.3 Å². The number of imide groups is 1. The molecule has 1 aromatic rings. The fraction of sp³-hybridized carbons (Fsp3) is 0.571. The molecule has 2 unspecified atom stereocenters. The molecule has 1 saturated carbocycles. The highest BCUT2D eigenvalue weighted by molar-refractivity contribution is 9.11. The third-order valence-electron chi connectivity index (χ3n) is 4.32. The van der Waals surface area contributed by atoms with Gasteiger partial charge in [0.1, 0.15) is 5.54 Å². The molecule has 6 heteroatoms. The van der Waals surface area contributed by atoms with E-state index >= 15 is 0 Å². The lowest BCUT2D eigenvalue weighted by Crippen LogP contribution is -2.51. The molecule has 3 rings (SSSR count). The van der Waals surface area contributed by atoms with Crippen molar-refractivity contribution in [2.45, 2.75) is 44.7 Å². The van der Waals surface area contributed by atoms with Gasteiger partial charge in [-0.05, 0) is 46.8 Å².